The van der Waals surface area contributed by atoms with Crippen molar-refractivity contribution in [1.82, 2.24) is 20.2 Å². The van der Waals surface area contributed by atoms with Crippen molar-refractivity contribution in [3.05, 3.63) is 6.20 Å². The highest BCUT2D eigenvalue weighted by Crippen LogP contribution is 2.31. The third-order valence-corrected chi connectivity index (χ3v) is 3.91. The molecule has 1 saturated carbocycles. The molecule has 0 amide bonds. The molecule has 0 bridgehead atoms. The van der Waals surface area contributed by atoms with Crippen molar-refractivity contribution in [1.29, 1.82) is 0 Å². The zero-order valence-corrected chi connectivity index (χ0v) is 10.6. The van der Waals surface area contributed by atoms with Gasteiger partial charge in [0.15, 0.2) is 5.65 Å². The molecular weight excluding hydrogens is 244 g/mol. The highest BCUT2D eigenvalue weighted by Gasteiger charge is 2.26. The molecule has 0 spiro atoms. The topological polar surface area (TPSA) is 113 Å². The van der Waals surface area contributed by atoms with Crippen LogP contribution in [0.1, 0.15) is 19.3 Å². The van der Waals surface area contributed by atoms with Gasteiger partial charge in [0.2, 0.25) is 5.95 Å². The maximum absolute atomic E-state index is 9.33. The highest BCUT2D eigenvalue weighted by molar-refractivity contribution is 5.86. The summed E-state index contributed by atoms with van der Waals surface area (Å²) in [6.07, 6.45) is 5.13. The summed E-state index contributed by atoms with van der Waals surface area (Å²) >= 11 is 0. The van der Waals surface area contributed by atoms with Crippen LogP contribution in [0.25, 0.3) is 11.0 Å². The predicted octanol–water partition coefficient (Wildman–Crippen LogP) is 0.756. The number of nitrogens with zero attached hydrogens (tertiary/aromatic N) is 3. The molecule has 102 valence electrons. The van der Waals surface area contributed by atoms with E-state index >= 15 is 0 Å². The molecular formula is C12H18N6O. The summed E-state index contributed by atoms with van der Waals surface area (Å²) in [5.74, 6) is 1.82. The van der Waals surface area contributed by atoms with Crippen molar-refractivity contribution >= 4 is 22.8 Å². The van der Waals surface area contributed by atoms with Crippen LogP contribution < -0.4 is 11.1 Å². The number of nitrogen functional groups attached to an aromatic ring is 1. The van der Waals surface area contributed by atoms with Crippen LogP contribution >= 0.6 is 0 Å². The van der Waals surface area contributed by atoms with Crippen LogP contribution in [-0.4, -0.2) is 38.4 Å². The lowest BCUT2D eigenvalue weighted by atomic mass is 9.97. The third kappa shape index (κ3) is 2.33. The minimum absolute atomic E-state index is 0.226. The van der Waals surface area contributed by atoms with E-state index in [0.29, 0.717) is 23.3 Å². The average molecular weight is 262 g/mol. The average Bonchev–Trinajstić information content (AvgIpc) is 3.03. The Kier molecular flexibility index (Phi) is 3.20. The number of hydrogen-bond donors (Lipinski definition) is 4. The van der Waals surface area contributed by atoms with Crippen molar-refractivity contribution < 1.29 is 5.11 Å². The SMILES string of the molecule is Nc1nc(NCC2CCCC2CO)c2cn[nH]c2n1. The van der Waals surface area contributed by atoms with Crippen molar-refractivity contribution in [2.45, 2.75) is 19.3 Å². The first kappa shape index (κ1) is 12.2. The van der Waals surface area contributed by atoms with Gasteiger partial charge in [0, 0.05) is 13.2 Å². The number of aliphatic hydroxyl groups is 1. The van der Waals surface area contributed by atoms with Gasteiger partial charge >= 0.3 is 0 Å². The van der Waals surface area contributed by atoms with E-state index < -0.39 is 0 Å². The number of anilines is 2. The summed E-state index contributed by atoms with van der Waals surface area (Å²) in [4.78, 5) is 8.29. The van der Waals surface area contributed by atoms with Gasteiger partial charge in [0.05, 0.1) is 11.6 Å². The van der Waals surface area contributed by atoms with Crippen molar-refractivity contribution in [3.63, 3.8) is 0 Å². The monoisotopic (exact) mass is 262 g/mol. The summed E-state index contributed by atoms with van der Waals surface area (Å²) in [5, 5.41) is 20.2. The van der Waals surface area contributed by atoms with Crippen LogP contribution in [0.4, 0.5) is 11.8 Å². The molecule has 2 aromatic rings. The molecule has 2 unspecified atom stereocenters. The lowest BCUT2D eigenvalue weighted by Gasteiger charge is -2.18. The van der Waals surface area contributed by atoms with E-state index in [-0.39, 0.29) is 12.6 Å². The summed E-state index contributed by atoms with van der Waals surface area (Å²) < 4.78 is 0. The Morgan fingerprint density at radius 2 is 2.21 bits per heavy atom. The Bertz CT molecular complexity index is 568. The minimum Gasteiger partial charge on any atom is -0.396 e. The summed E-state index contributed by atoms with van der Waals surface area (Å²) in [6.45, 7) is 1.06. The van der Waals surface area contributed by atoms with Gasteiger partial charge in [-0.05, 0) is 24.7 Å². The number of aliphatic hydroxyl groups excluding tert-OH is 1. The first-order chi connectivity index (χ1) is 9.28. The van der Waals surface area contributed by atoms with E-state index in [9.17, 15) is 5.11 Å². The van der Waals surface area contributed by atoms with Crippen LogP contribution in [-0.2, 0) is 0 Å². The van der Waals surface area contributed by atoms with Gasteiger partial charge in [-0.25, -0.2) is 0 Å². The fraction of sp³-hybridized carbons (Fsp3) is 0.583. The first-order valence-corrected chi connectivity index (χ1v) is 6.59. The zero-order chi connectivity index (χ0) is 13.2. The Labute approximate surface area is 110 Å². The normalized spacial score (nSPS) is 23.0. The Hall–Kier alpha value is -1.89. The molecule has 1 aliphatic carbocycles. The van der Waals surface area contributed by atoms with Crippen LogP contribution in [0.3, 0.4) is 0 Å². The Balaban J connectivity index is 1.76. The molecule has 5 N–H and O–H groups in total. The second-order valence-electron chi connectivity index (χ2n) is 5.08. The summed E-state index contributed by atoms with van der Waals surface area (Å²) in [5.41, 5.74) is 6.31. The van der Waals surface area contributed by atoms with Gasteiger partial charge in [-0.3, -0.25) is 5.10 Å². The summed E-state index contributed by atoms with van der Waals surface area (Å²) in [6, 6.07) is 0. The molecule has 1 aliphatic rings. The van der Waals surface area contributed by atoms with E-state index in [1.54, 1.807) is 6.20 Å². The van der Waals surface area contributed by atoms with Crippen LogP contribution in [0.15, 0.2) is 6.20 Å². The van der Waals surface area contributed by atoms with Crippen molar-refractivity contribution in [2.24, 2.45) is 11.8 Å². The van der Waals surface area contributed by atoms with E-state index in [0.717, 1.165) is 24.8 Å². The number of aromatic nitrogens is 4. The Morgan fingerprint density at radius 3 is 3.05 bits per heavy atom. The fourth-order valence-corrected chi connectivity index (χ4v) is 2.84. The zero-order valence-electron chi connectivity index (χ0n) is 10.6. The molecule has 0 aromatic carbocycles. The molecule has 2 aromatic heterocycles. The number of fused-ring (bicyclic) bond motifs is 1. The molecule has 7 heteroatoms. The third-order valence-electron chi connectivity index (χ3n) is 3.91. The van der Waals surface area contributed by atoms with Gasteiger partial charge in [0.25, 0.3) is 0 Å². The molecule has 1 fully saturated rings. The van der Waals surface area contributed by atoms with Crippen LogP contribution in [0, 0.1) is 11.8 Å². The van der Waals surface area contributed by atoms with Crippen molar-refractivity contribution in [2.75, 3.05) is 24.2 Å². The molecule has 0 radical (unpaired) electrons. The molecule has 0 aliphatic heterocycles. The smallest absolute Gasteiger partial charge is 0.224 e. The van der Waals surface area contributed by atoms with Crippen molar-refractivity contribution in [3.8, 4) is 0 Å². The number of nitrogens with two attached hydrogens (primary N) is 1. The number of nitrogens with one attached hydrogen (secondary N) is 2. The van der Waals surface area contributed by atoms with Gasteiger partial charge in [-0.15, -0.1) is 0 Å². The maximum atomic E-state index is 9.33. The quantitative estimate of drug-likeness (QED) is 0.647. The minimum atomic E-state index is 0.226. The largest absolute Gasteiger partial charge is 0.396 e. The fourth-order valence-electron chi connectivity index (χ4n) is 2.84. The number of rotatable bonds is 4. The van der Waals surface area contributed by atoms with E-state index in [1.165, 1.54) is 6.42 Å². The van der Waals surface area contributed by atoms with Gasteiger partial charge < -0.3 is 16.2 Å². The second kappa shape index (κ2) is 5.00. The van der Waals surface area contributed by atoms with Gasteiger partial charge in [-0.1, -0.05) is 6.42 Å². The van der Waals surface area contributed by atoms with E-state index in [1.807, 2.05) is 0 Å². The van der Waals surface area contributed by atoms with Gasteiger partial charge in [0.1, 0.15) is 5.82 Å². The highest BCUT2D eigenvalue weighted by atomic mass is 16.3. The summed E-state index contributed by atoms with van der Waals surface area (Å²) in [7, 11) is 0. The second-order valence-corrected chi connectivity index (χ2v) is 5.08. The maximum Gasteiger partial charge on any atom is 0.224 e. The molecule has 2 atom stereocenters. The molecule has 7 nitrogen and oxygen atoms in total. The lowest BCUT2D eigenvalue weighted by molar-refractivity contribution is 0.199. The Morgan fingerprint density at radius 1 is 1.37 bits per heavy atom. The lowest BCUT2D eigenvalue weighted by Crippen LogP contribution is -2.21. The van der Waals surface area contributed by atoms with Gasteiger partial charge in [-0.2, -0.15) is 15.1 Å². The first-order valence-electron chi connectivity index (χ1n) is 6.59. The molecule has 2 heterocycles. The number of H-pyrrole nitrogens is 1. The predicted molar refractivity (Wildman–Crippen MR) is 72.5 cm³/mol. The van der Waals surface area contributed by atoms with Crippen LogP contribution in [0.2, 0.25) is 0 Å². The van der Waals surface area contributed by atoms with Crippen LogP contribution in [0.5, 0.6) is 0 Å². The standard InChI is InChI=1S/C12H18N6O/c13-12-16-10(9-5-15-18-11(9)17-12)14-4-7-2-1-3-8(7)6-19/h5,7-8,19H,1-4,6H2,(H4,13,14,15,16,17,18). The van der Waals surface area contributed by atoms with E-state index in [2.05, 4.69) is 25.5 Å². The van der Waals surface area contributed by atoms with E-state index in [4.69, 9.17) is 5.73 Å². The number of hydrogen-bond acceptors (Lipinski definition) is 6. The molecule has 0 saturated heterocycles. The molecule has 19 heavy (non-hydrogen) atoms. The number of aromatic amines is 1. The molecule has 3 rings (SSSR count).